The van der Waals surface area contributed by atoms with Gasteiger partial charge in [0.1, 0.15) is 5.82 Å². The number of anilines is 2. The van der Waals surface area contributed by atoms with E-state index in [9.17, 15) is 14.0 Å². The molecule has 0 radical (unpaired) electrons. The molecular formula is C25H23ClF2N6O2. The van der Waals surface area contributed by atoms with E-state index in [0.29, 0.717) is 36.4 Å². The number of nitrogens with zero attached hydrogens (tertiary/aromatic N) is 4. The second kappa shape index (κ2) is 9.02. The number of H-pyrrole nitrogens is 1. The number of benzene rings is 1. The SMILES string of the molecule is CC(=O)N(C)c1nccc(-c2cnc([C@@H]3CC[C@@H]4CC(c5c(N)ccc(Cl)c5F)=CC(=O)N43)[nH]2)c1F. The molecule has 2 aromatic heterocycles. The van der Waals surface area contributed by atoms with Gasteiger partial charge in [-0.15, -0.1) is 0 Å². The van der Waals surface area contributed by atoms with Gasteiger partial charge in [-0.2, -0.15) is 0 Å². The molecule has 36 heavy (non-hydrogen) atoms. The van der Waals surface area contributed by atoms with Crippen molar-refractivity contribution in [1.82, 2.24) is 19.9 Å². The number of nitrogens with one attached hydrogen (secondary N) is 1. The van der Waals surface area contributed by atoms with Gasteiger partial charge in [0.05, 0.1) is 23.0 Å². The summed E-state index contributed by atoms with van der Waals surface area (Å²) in [5.74, 6) is -1.49. The minimum Gasteiger partial charge on any atom is -0.398 e. The molecule has 2 aliphatic rings. The number of aromatic nitrogens is 3. The molecule has 2 aliphatic heterocycles. The largest absolute Gasteiger partial charge is 0.398 e. The maximum atomic E-state index is 15.2. The van der Waals surface area contributed by atoms with Crippen molar-refractivity contribution in [2.45, 2.75) is 38.3 Å². The van der Waals surface area contributed by atoms with Gasteiger partial charge in [-0.1, -0.05) is 11.6 Å². The Morgan fingerprint density at radius 3 is 2.75 bits per heavy atom. The second-order valence-electron chi connectivity index (χ2n) is 8.95. The number of carbonyl (C=O) groups is 2. The van der Waals surface area contributed by atoms with Crippen LogP contribution >= 0.6 is 11.6 Å². The first-order chi connectivity index (χ1) is 17.2. The number of carbonyl (C=O) groups excluding carboxylic acids is 2. The first-order valence-corrected chi connectivity index (χ1v) is 11.8. The Labute approximate surface area is 210 Å². The molecule has 0 unspecified atom stereocenters. The molecule has 8 nitrogen and oxygen atoms in total. The molecule has 11 heteroatoms. The minimum absolute atomic E-state index is 0.0524. The molecule has 0 saturated carbocycles. The summed E-state index contributed by atoms with van der Waals surface area (Å²) in [4.78, 5) is 39.2. The summed E-state index contributed by atoms with van der Waals surface area (Å²) >= 11 is 5.95. The molecule has 0 aliphatic carbocycles. The molecule has 1 aromatic carbocycles. The summed E-state index contributed by atoms with van der Waals surface area (Å²) in [6.45, 7) is 1.32. The molecule has 1 saturated heterocycles. The summed E-state index contributed by atoms with van der Waals surface area (Å²) in [5, 5.41) is -0.0524. The van der Waals surface area contributed by atoms with Crippen LogP contribution in [0, 0.1) is 11.6 Å². The highest BCUT2D eigenvalue weighted by Crippen LogP contribution is 2.44. The fourth-order valence-electron chi connectivity index (χ4n) is 4.95. The lowest BCUT2D eigenvalue weighted by Crippen LogP contribution is -2.39. The third-order valence-electron chi connectivity index (χ3n) is 6.82. The third-order valence-corrected chi connectivity index (χ3v) is 7.11. The van der Waals surface area contributed by atoms with Crippen LogP contribution in [-0.4, -0.2) is 44.8 Å². The minimum atomic E-state index is -0.655. The Morgan fingerprint density at radius 1 is 1.22 bits per heavy atom. The number of amides is 2. The van der Waals surface area contributed by atoms with Crippen LogP contribution < -0.4 is 10.6 Å². The zero-order valence-corrected chi connectivity index (χ0v) is 20.3. The van der Waals surface area contributed by atoms with Crippen molar-refractivity contribution in [3.8, 4) is 11.3 Å². The van der Waals surface area contributed by atoms with Crippen molar-refractivity contribution in [2.75, 3.05) is 17.7 Å². The number of pyridine rings is 1. The van der Waals surface area contributed by atoms with Gasteiger partial charge in [0, 0.05) is 49.1 Å². The van der Waals surface area contributed by atoms with E-state index in [0.717, 1.165) is 4.90 Å². The van der Waals surface area contributed by atoms with Crippen LogP contribution in [0.2, 0.25) is 5.02 Å². The number of hydrogen-bond donors (Lipinski definition) is 2. The molecule has 3 aromatic rings. The van der Waals surface area contributed by atoms with Gasteiger partial charge >= 0.3 is 0 Å². The fraction of sp³-hybridized carbons (Fsp3) is 0.280. The summed E-state index contributed by atoms with van der Waals surface area (Å²) in [6.07, 6.45) is 6.06. The lowest BCUT2D eigenvalue weighted by Gasteiger charge is -2.33. The quantitative estimate of drug-likeness (QED) is 0.501. The molecule has 2 amide bonds. The molecule has 3 N–H and O–H groups in total. The maximum absolute atomic E-state index is 15.2. The van der Waals surface area contributed by atoms with E-state index >= 15 is 4.39 Å². The summed E-state index contributed by atoms with van der Waals surface area (Å²) in [6, 6.07) is 3.90. The maximum Gasteiger partial charge on any atom is 0.247 e. The predicted molar refractivity (Wildman–Crippen MR) is 132 cm³/mol. The van der Waals surface area contributed by atoms with Gasteiger partial charge < -0.3 is 15.6 Å². The van der Waals surface area contributed by atoms with Crippen LogP contribution in [0.3, 0.4) is 0 Å². The third kappa shape index (κ3) is 3.91. The molecule has 5 rings (SSSR count). The van der Waals surface area contributed by atoms with Gasteiger partial charge in [-0.3, -0.25) is 14.5 Å². The Kier molecular flexibility index (Phi) is 5.99. The molecule has 0 bridgehead atoms. The highest BCUT2D eigenvalue weighted by atomic mass is 35.5. The smallest absolute Gasteiger partial charge is 0.247 e. The van der Waals surface area contributed by atoms with Crippen molar-refractivity contribution >= 4 is 40.5 Å². The molecule has 4 heterocycles. The average molecular weight is 513 g/mol. The number of halogens is 3. The van der Waals surface area contributed by atoms with Gasteiger partial charge in [0.2, 0.25) is 11.8 Å². The van der Waals surface area contributed by atoms with Crippen molar-refractivity contribution < 1.29 is 18.4 Å². The zero-order chi connectivity index (χ0) is 25.7. The van der Waals surface area contributed by atoms with Crippen LogP contribution in [0.15, 0.2) is 36.7 Å². The van der Waals surface area contributed by atoms with Crippen molar-refractivity contribution in [3.63, 3.8) is 0 Å². The molecular weight excluding hydrogens is 490 g/mol. The van der Waals surface area contributed by atoms with Crippen molar-refractivity contribution in [1.29, 1.82) is 0 Å². The van der Waals surface area contributed by atoms with E-state index in [2.05, 4.69) is 15.0 Å². The normalized spacial score (nSPS) is 19.3. The van der Waals surface area contributed by atoms with Gasteiger partial charge in [-0.05, 0) is 43.0 Å². The molecule has 2 atom stereocenters. The second-order valence-corrected chi connectivity index (χ2v) is 9.36. The number of nitrogen functional groups attached to an aromatic ring is 1. The highest BCUT2D eigenvalue weighted by Gasteiger charge is 2.42. The first kappa shape index (κ1) is 23.9. The predicted octanol–water partition coefficient (Wildman–Crippen LogP) is 4.49. The lowest BCUT2D eigenvalue weighted by atomic mass is 9.92. The summed E-state index contributed by atoms with van der Waals surface area (Å²) in [7, 11) is 1.45. The van der Waals surface area contributed by atoms with Crippen molar-refractivity contribution in [3.05, 3.63) is 64.7 Å². The number of nitrogens with two attached hydrogens (primary N) is 1. The lowest BCUT2D eigenvalue weighted by molar-refractivity contribution is -0.129. The molecule has 1 fully saturated rings. The summed E-state index contributed by atoms with van der Waals surface area (Å²) in [5.41, 5.74) is 7.52. The standard InChI is InChI=1S/C25H23ClF2N6O2/c1-12(35)33(2)25-22(27)15(7-8-30-25)18-11-31-24(32-18)19-6-3-14-9-13(10-20(36)34(14)19)21-17(29)5-4-16(26)23(21)28/h4-5,7-8,10-11,14,19H,3,6,9,29H2,1-2H3,(H,31,32)/t14-,19+/m1/s1. The van der Waals surface area contributed by atoms with Crippen LogP contribution in [0.5, 0.6) is 0 Å². The Balaban J connectivity index is 1.44. The first-order valence-electron chi connectivity index (χ1n) is 11.4. The Morgan fingerprint density at radius 2 is 2.00 bits per heavy atom. The van der Waals surface area contributed by atoms with E-state index in [1.165, 1.54) is 50.6 Å². The van der Waals surface area contributed by atoms with Crippen LogP contribution in [-0.2, 0) is 9.59 Å². The zero-order valence-electron chi connectivity index (χ0n) is 19.6. The van der Waals surface area contributed by atoms with Gasteiger partial charge in [-0.25, -0.2) is 18.7 Å². The van der Waals surface area contributed by atoms with Crippen LogP contribution in [0.4, 0.5) is 20.3 Å². The van der Waals surface area contributed by atoms with Crippen molar-refractivity contribution in [2.24, 2.45) is 0 Å². The number of imidazole rings is 1. The number of hydrogen-bond acceptors (Lipinski definition) is 5. The number of fused-ring (bicyclic) bond motifs is 1. The van der Waals surface area contributed by atoms with Crippen LogP contribution in [0.25, 0.3) is 16.8 Å². The monoisotopic (exact) mass is 512 g/mol. The van der Waals surface area contributed by atoms with E-state index < -0.39 is 11.6 Å². The van der Waals surface area contributed by atoms with Gasteiger partial charge in [0.25, 0.3) is 0 Å². The van der Waals surface area contributed by atoms with E-state index in [4.69, 9.17) is 17.3 Å². The Bertz CT molecular complexity index is 1420. The van der Waals surface area contributed by atoms with Crippen LogP contribution in [0.1, 0.15) is 43.6 Å². The number of rotatable bonds is 4. The highest BCUT2D eigenvalue weighted by molar-refractivity contribution is 6.31. The topological polar surface area (TPSA) is 108 Å². The Hall–Kier alpha value is -3.79. The fourth-order valence-corrected chi connectivity index (χ4v) is 5.11. The average Bonchev–Trinajstić information content (AvgIpc) is 3.49. The van der Waals surface area contributed by atoms with E-state index in [1.54, 1.807) is 4.90 Å². The number of aromatic amines is 1. The molecule has 0 spiro atoms. The van der Waals surface area contributed by atoms with E-state index in [-0.39, 0.29) is 51.6 Å². The molecule has 186 valence electrons. The summed E-state index contributed by atoms with van der Waals surface area (Å²) < 4.78 is 29.9. The van der Waals surface area contributed by atoms with Gasteiger partial charge in [0.15, 0.2) is 17.5 Å². The van der Waals surface area contributed by atoms with E-state index in [1.807, 2.05) is 0 Å².